The Morgan fingerprint density at radius 2 is 2.00 bits per heavy atom. The van der Waals surface area contributed by atoms with Crippen molar-refractivity contribution in [3.63, 3.8) is 0 Å². The van der Waals surface area contributed by atoms with Crippen LogP contribution >= 0.6 is 11.6 Å². The maximum Gasteiger partial charge on any atom is 0.165 e. The third-order valence-corrected chi connectivity index (χ3v) is 2.88. The van der Waals surface area contributed by atoms with Gasteiger partial charge in [0.2, 0.25) is 0 Å². The summed E-state index contributed by atoms with van der Waals surface area (Å²) in [7, 11) is 0. The highest BCUT2D eigenvalue weighted by Gasteiger charge is 2.04. The van der Waals surface area contributed by atoms with E-state index in [4.69, 9.17) is 18.0 Å². The number of terminal acetylenes is 1. The van der Waals surface area contributed by atoms with Crippen molar-refractivity contribution in [1.82, 2.24) is 0 Å². The van der Waals surface area contributed by atoms with Crippen LogP contribution in [0.25, 0.3) is 0 Å². The van der Waals surface area contributed by atoms with Crippen molar-refractivity contribution in [1.29, 1.82) is 0 Å². The van der Waals surface area contributed by atoms with Gasteiger partial charge in [-0.3, -0.25) is 0 Å². The van der Waals surface area contributed by atoms with Gasteiger partial charge in [-0.1, -0.05) is 29.7 Å². The van der Waals surface area contributed by atoms with Gasteiger partial charge in [0.25, 0.3) is 0 Å². The molecule has 0 heterocycles. The fourth-order valence-electron chi connectivity index (χ4n) is 0.911. The van der Waals surface area contributed by atoms with Gasteiger partial charge in [-0.25, -0.2) is 0 Å². The van der Waals surface area contributed by atoms with E-state index in [0.29, 0.717) is 16.5 Å². The second kappa shape index (κ2) is 5.18. The highest BCUT2D eigenvalue weighted by molar-refractivity contribution is 7.90. The van der Waals surface area contributed by atoms with E-state index in [1.54, 1.807) is 12.1 Å². The smallest absolute Gasteiger partial charge is 0.165 e. The first-order valence-electron chi connectivity index (χ1n) is 3.75. The van der Waals surface area contributed by atoms with E-state index in [0.717, 1.165) is 5.56 Å². The van der Waals surface area contributed by atoms with Crippen LogP contribution in [0.3, 0.4) is 0 Å². The van der Waals surface area contributed by atoms with E-state index < -0.39 is 11.2 Å². The molecule has 0 aliphatic rings. The Morgan fingerprint density at radius 1 is 1.38 bits per heavy atom. The molecule has 3 heteroatoms. The van der Waals surface area contributed by atoms with Gasteiger partial charge in [-0.15, -0.1) is 6.42 Å². The summed E-state index contributed by atoms with van der Waals surface area (Å²) in [5.41, 5.74) is 0.998. The predicted octanol–water partition coefficient (Wildman–Crippen LogP) is 2.22. The summed E-state index contributed by atoms with van der Waals surface area (Å²) in [6.07, 6.45) is 5.04. The molecular weight excluding hydrogens is 204 g/mol. The Labute approximate surface area is 86.3 Å². The second-order valence-electron chi connectivity index (χ2n) is 2.56. The van der Waals surface area contributed by atoms with Gasteiger partial charge >= 0.3 is 0 Å². The minimum Gasteiger partial charge on any atom is -0.615 e. The number of hydrogen-bond donors (Lipinski definition) is 0. The van der Waals surface area contributed by atoms with Crippen LogP contribution in [0.15, 0.2) is 24.3 Å². The van der Waals surface area contributed by atoms with Gasteiger partial charge in [-0.2, -0.15) is 0 Å². The van der Waals surface area contributed by atoms with Crippen molar-refractivity contribution < 1.29 is 4.55 Å². The molecule has 0 aromatic heterocycles. The highest BCUT2D eigenvalue weighted by Crippen LogP contribution is 2.12. The first-order valence-corrected chi connectivity index (χ1v) is 5.62. The van der Waals surface area contributed by atoms with Crippen molar-refractivity contribution in [3.05, 3.63) is 34.9 Å². The first kappa shape index (κ1) is 10.5. The molecule has 13 heavy (non-hydrogen) atoms. The Kier molecular flexibility index (Phi) is 4.17. The van der Waals surface area contributed by atoms with Crippen LogP contribution in [0.5, 0.6) is 0 Å². The zero-order valence-electron chi connectivity index (χ0n) is 7.00. The maximum atomic E-state index is 11.2. The number of hydrogen-bond acceptors (Lipinski definition) is 1. The van der Waals surface area contributed by atoms with Gasteiger partial charge in [0, 0.05) is 10.6 Å². The molecule has 0 amide bonds. The van der Waals surface area contributed by atoms with Crippen LogP contribution in [-0.4, -0.2) is 10.3 Å². The largest absolute Gasteiger partial charge is 0.615 e. The molecule has 0 saturated carbocycles. The summed E-state index contributed by atoms with van der Waals surface area (Å²) in [5.74, 6) is 3.18. The zero-order chi connectivity index (χ0) is 9.68. The third-order valence-electron chi connectivity index (χ3n) is 1.49. The lowest BCUT2D eigenvalue weighted by Crippen LogP contribution is -2.07. The fraction of sp³-hybridized carbons (Fsp3) is 0.200. The van der Waals surface area contributed by atoms with Crippen molar-refractivity contribution in [3.8, 4) is 12.3 Å². The van der Waals surface area contributed by atoms with Crippen LogP contribution in [0, 0.1) is 12.3 Å². The van der Waals surface area contributed by atoms with E-state index in [-0.39, 0.29) is 0 Å². The molecule has 1 nitrogen and oxygen atoms in total. The minimum absolute atomic E-state index is 0.308. The normalized spacial score (nSPS) is 12.1. The van der Waals surface area contributed by atoms with Gasteiger partial charge in [0.15, 0.2) is 5.75 Å². The molecule has 68 valence electrons. The number of benzene rings is 1. The molecule has 0 saturated heterocycles. The van der Waals surface area contributed by atoms with E-state index in [2.05, 4.69) is 5.92 Å². The van der Waals surface area contributed by atoms with Gasteiger partial charge in [0.1, 0.15) is 5.75 Å². The Bertz CT molecular complexity index is 302. The summed E-state index contributed by atoms with van der Waals surface area (Å²) in [4.78, 5) is 0. The zero-order valence-corrected chi connectivity index (χ0v) is 8.57. The molecule has 0 bridgehead atoms. The molecule has 1 aromatic rings. The van der Waals surface area contributed by atoms with Crippen molar-refractivity contribution >= 4 is 22.8 Å². The number of rotatable bonds is 3. The average Bonchev–Trinajstić information content (AvgIpc) is 2.09. The molecule has 0 radical (unpaired) electrons. The quantitative estimate of drug-likeness (QED) is 0.557. The average molecular weight is 213 g/mol. The summed E-state index contributed by atoms with van der Waals surface area (Å²) < 4.78 is 11.2. The summed E-state index contributed by atoms with van der Waals surface area (Å²) in [5, 5.41) is 0.687. The van der Waals surface area contributed by atoms with E-state index in [1.807, 2.05) is 12.1 Å². The molecule has 1 unspecified atom stereocenters. The third kappa shape index (κ3) is 3.73. The lowest BCUT2D eigenvalue weighted by molar-refractivity contribution is 0.597. The van der Waals surface area contributed by atoms with Crippen LogP contribution < -0.4 is 0 Å². The van der Waals surface area contributed by atoms with E-state index >= 15 is 0 Å². The summed E-state index contributed by atoms with van der Waals surface area (Å²) >= 11 is 4.74. The standard InChI is InChI=1S/C10H9ClOS/c1-2-7-13(12)8-9-3-5-10(11)6-4-9/h1,3-6H,7-8H2. The van der Waals surface area contributed by atoms with E-state index in [9.17, 15) is 4.55 Å². The molecule has 0 N–H and O–H groups in total. The molecule has 0 spiro atoms. The highest BCUT2D eigenvalue weighted by atomic mass is 35.5. The van der Waals surface area contributed by atoms with Gasteiger partial charge < -0.3 is 4.55 Å². The first-order chi connectivity index (χ1) is 6.22. The monoisotopic (exact) mass is 212 g/mol. The summed E-state index contributed by atoms with van der Waals surface area (Å²) in [6.45, 7) is 0. The second-order valence-corrected chi connectivity index (χ2v) is 4.45. The lowest BCUT2D eigenvalue weighted by Gasteiger charge is -2.07. The van der Waals surface area contributed by atoms with Crippen LogP contribution in [0.4, 0.5) is 0 Å². The SMILES string of the molecule is C#CC[S+]([O-])Cc1ccc(Cl)cc1. The van der Waals surface area contributed by atoms with Crippen molar-refractivity contribution in [2.24, 2.45) is 0 Å². The molecule has 1 atom stereocenters. The molecular formula is C10H9ClOS. The molecule has 1 rings (SSSR count). The van der Waals surface area contributed by atoms with Crippen molar-refractivity contribution in [2.75, 3.05) is 5.75 Å². The predicted molar refractivity (Wildman–Crippen MR) is 57.0 cm³/mol. The van der Waals surface area contributed by atoms with E-state index in [1.165, 1.54) is 0 Å². The fourth-order valence-corrected chi connectivity index (χ4v) is 1.89. The van der Waals surface area contributed by atoms with Crippen LogP contribution in [0.1, 0.15) is 5.56 Å². The minimum atomic E-state index is -0.957. The van der Waals surface area contributed by atoms with Gasteiger partial charge in [-0.05, 0) is 23.3 Å². The Hall–Kier alpha value is -0.620. The molecule has 1 aromatic carbocycles. The summed E-state index contributed by atoms with van der Waals surface area (Å²) in [6, 6.07) is 7.28. The number of halogens is 1. The topological polar surface area (TPSA) is 23.1 Å². The van der Waals surface area contributed by atoms with Crippen LogP contribution in [0.2, 0.25) is 5.02 Å². The van der Waals surface area contributed by atoms with Crippen molar-refractivity contribution in [2.45, 2.75) is 5.75 Å². The Balaban J connectivity index is 2.55. The molecule has 0 aliphatic carbocycles. The van der Waals surface area contributed by atoms with Crippen LogP contribution in [-0.2, 0) is 16.9 Å². The molecule has 0 aliphatic heterocycles. The maximum absolute atomic E-state index is 11.2. The Morgan fingerprint density at radius 3 is 2.54 bits per heavy atom. The molecule has 0 fully saturated rings. The lowest BCUT2D eigenvalue weighted by atomic mass is 10.2. The van der Waals surface area contributed by atoms with Gasteiger partial charge in [0.05, 0.1) is 0 Å².